The van der Waals surface area contributed by atoms with Crippen molar-refractivity contribution in [2.45, 2.75) is 25.7 Å². The van der Waals surface area contributed by atoms with Gasteiger partial charge < -0.3 is 15.1 Å². The molecular weight excluding hydrogens is 182 g/mol. The molecule has 0 aliphatic carbocycles. The zero-order valence-corrected chi connectivity index (χ0v) is 8.48. The highest BCUT2D eigenvalue weighted by Gasteiger charge is 2.24. The summed E-state index contributed by atoms with van der Waals surface area (Å²) in [5, 5.41) is 17.3. The first-order chi connectivity index (χ1) is 6.77. The van der Waals surface area contributed by atoms with E-state index in [1.165, 1.54) is 0 Å². The number of hydrogen-bond donors (Lipinski definition) is 2. The van der Waals surface area contributed by atoms with Crippen LogP contribution in [0.2, 0.25) is 0 Å². The molecule has 1 aliphatic heterocycles. The molecule has 1 atom stereocenters. The molecule has 1 unspecified atom stereocenters. The molecule has 0 radical (unpaired) electrons. The molecular formula is C10H19NO3. The molecule has 1 rings (SSSR count). The van der Waals surface area contributed by atoms with E-state index in [1.54, 1.807) is 0 Å². The first-order valence-corrected chi connectivity index (χ1v) is 5.27. The van der Waals surface area contributed by atoms with Crippen molar-refractivity contribution >= 4 is 5.91 Å². The van der Waals surface area contributed by atoms with Gasteiger partial charge >= 0.3 is 0 Å². The lowest BCUT2D eigenvalue weighted by Gasteiger charge is -2.15. The molecule has 0 aromatic rings. The van der Waals surface area contributed by atoms with Crippen LogP contribution in [0.1, 0.15) is 25.7 Å². The Hall–Kier alpha value is -0.610. The summed E-state index contributed by atoms with van der Waals surface area (Å²) in [6, 6.07) is 0. The Kier molecular flexibility index (Phi) is 4.90. The predicted molar refractivity (Wildman–Crippen MR) is 52.7 cm³/mol. The van der Waals surface area contributed by atoms with Gasteiger partial charge in [0, 0.05) is 32.7 Å². The third kappa shape index (κ3) is 3.27. The molecule has 4 heteroatoms. The maximum Gasteiger partial charge on any atom is 0.222 e. The monoisotopic (exact) mass is 201 g/mol. The van der Waals surface area contributed by atoms with Crippen molar-refractivity contribution in [3.05, 3.63) is 0 Å². The van der Waals surface area contributed by atoms with Gasteiger partial charge in [0.25, 0.3) is 0 Å². The van der Waals surface area contributed by atoms with Crippen LogP contribution in [0.4, 0.5) is 0 Å². The number of likely N-dealkylation sites (tertiary alicyclic amines) is 1. The van der Waals surface area contributed by atoms with Crippen LogP contribution >= 0.6 is 0 Å². The maximum atomic E-state index is 11.5. The van der Waals surface area contributed by atoms with Crippen LogP contribution in [0.3, 0.4) is 0 Å². The van der Waals surface area contributed by atoms with Gasteiger partial charge in [-0.15, -0.1) is 0 Å². The summed E-state index contributed by atoms with van der Waals surface area (Å²) in [6.45, 7) is 1.89. The van der Waals surface area contributed by atoms with E-state index in [-0.39, 0.29) is 19.1 Å². The Balaban J connectivity index is 2.23. The van der Waals surface area contributed by atoms with Crippen molar-refractivity contribution in [1.82, 2.24) is 4.90 Å². The standard InChI is InChI=1S/C10H19NO3/c12-6-1-2-10(14)11-5-3-9(8-11)4-7-13/h9,12-13H,1-8H2. The van der Waals surface area contributed by atoms with Gasteiger partial charge in [-0.2, -0.15) is 0 Å². The number of aliphatic hydroxyl groups is 2. The van der Waals surface area contributed by atoms with E-state index in [1.807, 2.05) is 4.90 Å². The second-order valence-electron chi connectivity index (χ2n) is 3.83. The topological polar surface area (TPSA) is 60.8 Å². The minimum absolute atomic E-state index is 0.0830. The van der Waals surface area contributed by atoms with Gasteiger partial charge in [-0.25, -0.2) is 0 Å². The zero-order valence-electron chi connectivity index (χ0n) is 8.48. The van der Waals surface area contributed by atoms with E-state index in [4.69, 9.17) is 10.2 Å². The first kappa shape index (κ1) is 11.5. The van der Waals surface area contributed by atoms with E-state index in [0.29, 0.717) is 18.8 Å². The SMILES string of the molecule is O=C(CCCO)N1CCC(CCO)C1. The Bertz CT molecular complexity index is 184. The lowest BCUT2D eigenvalue weighted by Crippen LogP contribution is -2.28. The minimum Gasteiger partial charge on any atom is -0.396 e. The quantitative estimate of drug-likeness (QED) is 0.657. The van der Waals surface area contributed by atoms with Gasteiger partial charge in [-0.1, -0.05) is 0 Å². The van der Waals surface area contributed by atoms with E-state index in [2.05, 4.69) is 0 Å². The number of aliphatic hydroxyl groups excluding tert-OH is 2. The molecule has 82 valence electrons. The molecule has 1 fully saturated rings. The highest BCUT2D eigenvalue weighted by molar-refractivity contribution is 5.76. The highest BCUT2D eigenvalue weighted by Crippen LogP contribution is 2.19. The van der Waals surface area contributed by atoms with E-state index in [0.717, 1.165) is 25.9 Å². The summed E-state index contributed by atoms with van der Waals surface area (Å²) >= 11 is 0. The Morgan fingerprint density at radius 2 is 2.14 bits per heavy atom. The molecule has 14 heavy (non-hydrogen) atoms. The molecule has 1 amide bonds. The van der Waals surface area contributed by atoms with Crippen LogP contribution in [-0.2, 0) is 4.79 Å². The van der Waals surface area contributed by atoms with Crippen molar-refractivity contribution in [2.75, 3.05) is 26.3 Å². The zero-order chi connectivity index (χ0) is 10.4. The lowest BCUT2D eigenvalue weighted by molar-refractivity contribution is -0.130. The second-order valence-corrected chi connectivity index (χ2v) is 3.83. The molecule has 0 spiro atoms. The highest BCUT2D eigenvalue weighted by atomic mass is 16.3. The molecule has 0 aromatic heterocycles. The van der Waals surface area contributed by atoms with Gasteiger partial charge in [0.05, 0.1) is 0 Å². The summed E-state index contributed by atoms with van der Waals surface area (Å²) in [5.74, 6) is 0.609. The first-order valence-electron chi connectivity index (χ1n) is 5.27. The van der Waals surface area contributed by atoms with E-state index >= 15 is 0 Å². The molecule has 0 bridgehead atoms. The van der Waals surface area contributed by atoms with Crippen LogP contribution in [0.5, 0.6) is 0 Å². The van der Waals surface area contributed by atoms with Gasteiger partial charge in [-0.3, -0.25) is 4.79 Å². The van der Waals surface area contributed by atoms with Gasteiger partial charge in [-0.05, 0) is 25.2 Å². The number of carbonyl (C=O) groups is 1. The largest absolute Gasteiger partial charge is 0.396 e. The van der Waals surface area contributed by atoms with Crippen molar-refractivity contribution < 1.29 is 15.0 Å². The third-order valence-electron chi connectivity index (χ3n) is 2.72. The van der Waals surface area contributed by atoms with Gasteiger partial charge in [0.2, 0.25) is 5.91 Å². The van der Waals surface area contributed by atoms with Crippen LogP contribution in [0, 0.1) is 5.92 Å². The molecule has 4 nitrogen and oxygen atoms in total. The average molecular weight is 201 g/mol. The number of amides is 1. The summed E-state index contributed by atoms with van der Waals surface area (Å²) in [7, 11) is 0. The number of carbonyl (C=O) groups excluding carboxylic acids is 1. The predicted octanol–water partition coefficient (Wildman–Crippen LogP) is -0.0102. The van der Waals surface area contributed by atoms with Crippen molar-refractivity contribution in [3.8, 4) is 0 Å². The molecule has 2 N–H and O–H groups in total. The molecule has 1 aliphatic rings. The molecule has 1 heterocycles. The summed E-state index contributed by atoms with van der Waals surface area (Å²) in [6.07, 6.45) is 2.80. The van der Waals surface area contributed by atoms with E-state index < -0.39 is 0 Å². The Morgan fingerprint density at radius 3 is 2.79 bits per heavy atom. The normalized spacial score (nSPS) is 21.6. The van der Waals surface area contributed by atoms with Crippen molar-refractivity contribution in [2.24, 2.45) is 5.92 Å². The number of rotatable bonds is 5. The van der Waals surface area contributed by atoms with Gasteiger partial charge in [0.15, 0.2) is 0 Å². The van der Waals surface area contributed by atoms with Gasteiger partial charge in [0.1, 0.15) is 0 Å². The summed E-state index contributed by atoms with van der Waals surface area (Å²) in [5.41, 5.74) is 0. The summed E-state index contributed by atoms with van der Waals surface area (Å²) < 4.78 is 0. The number of hydrogen-bond acceptors (Lipinski definition) is 3. The lowest BCUT2D eigenvalue weighted by atomic mass is 10.1. The second kappa shape index (κ2) is 5.98. The Morgan fingerprint density at radius 1 is 1.36 bits per heavy atom. The molecule has 1 saturated heterocycles. The molecule has 0 saturated carbocycles. The average Bonchev–Trinajstić information content (AvgIpc) is 2.63. The van der Waals surface area contributed by atoms with Crippen molar-refractivity contribution in [3.63, 3.8) is 0 Å². The maximum absolute atomic E-state index is 11.5. The fourth-order valence-electron chi connectivity index (χ4n) is 1.87. The molecule has 0 aromatic carbocycles. The Labute approximate surface area is 84.5 Å². The van der Waals surface area contributed by atoms with Crippen LogP contribution < -0.4 is 0 Å². The minimum atomic E-state index is 0.0830. The third-order valence-corrected chi connectivity index (χ3v) is 2.72. The van der Waals surface area contributed by atoms with Crippen LogP contribution in [0.15, 0.2) is 0 Å². The number of nitrogens with zero attached hydrogens (tertiary/aromatic N) is 1. The fraction of sp³-hybridized carbons (Fsp3) is 0.900. The van der Waals surface area contributed by atoms with Crippen LogP contribution in [0.25, 0.3) is 0 Å². The summed E-state index contributed by atoms with van der Waals surface area (Å²) in [4.78, 5) is 13.3. The smallest absolute Gasteiger partial charge is 0.222 e. The van der Waals surface area contributed by atoms with Crippen LogP contribution in [-0.4, -0.2) is 47.3 Å². The van der Waals surface area contributed by atoms with Crippen molar-refractivity contribution in [1.29, 1.82) is 0 Å². The van der Waals surface area contributed by atoms with E-state index in [9.17, 15) is 4.79 Å². The fourth-order valence-corrected chi connectivity index (χ4v) is 1.87.